The molecular formula is C15H22BrNO2. The van der Waals surface area contributed by atoms with Crippen molar-refractivity contribution in [1.82, 2.24) is 0 Å². The number of nitrogens with two attached hydrogens (primary N) is 1. The van der Waals surface area contributed by atoms with Gasteiger partial charge in [0.2, 0.25) is 0 Å². The Balaban J connectivity index is 2.19. The van der Waals surface area contributed by atoms with Crippen molar-refractivity contribution in [2.45, 2.75) is 37.6 Å². The van der Waals surface area contributed by atoms with Gasteiger partial charge < -0.3 is 15.2 Å². The van der Waals surface area contributed by atoms with E-state index in [1.807, 2.05) is 6.07 Å². The van der Waals surface area contributed by atoms with Gasteiger partial charge >= 0.3 is 0 Å². The summed E-state index contributed by atoms with van der Waals surface area (Å²) >= 11 is 3.55. The zero-order valence-corrected chi connectivity index (χ0v) is 13.4. The molecule has 1 saturated heterocycles. The summed E-state index contributed by atoms with van der Waals surface area (Å²) in [7, 11) is 1.68. The van der Waals surface area contributed by atoms with Crippen LogP contribution in [0.25, 0.3) is 0 Å². The summed E-state index contributed by atoms with van der Waals surface area (Å²) in [5.74, 6) is 0.860. The lowest BCUT2D eigenvalue weighted by Crippen LogP contribution is -2.48. The Kier molecular flexibility index (Phi) is 4.23. The normalized spacial score (nSPS) is 17.9. The molecule has 1 aromatic rings. The highest BCUT2D eigenvalue weighted by molar-refractivity contribution is 9.10. The van der Waals surface area contributed by atoms with Crippen LogP contribution in [-0.4, -0.2) is 25.9 Å². The molecule has 0 unspecified atom stereocenters. The van der Waals surface area contributed by atoms with Gasteiger partial charge in [-0.05, 0) is 60.3 Å². The van der Waals surface area contributed by atoms with Crippen LogP contribution in [0.1, 0.15) is 32.3 Å². The number of ether oxygens (including phenoxy) is 2. The Hall–Kier alpha value is -0.580. The molecule has 0 bridgehead atoms. The fraction of sp³-hybridized carbons (Fsp3) is 0.600. The van der Waals surface area contributed by atoms with E-state index < -0.39 is 0 Å². The Morgan fingerprint density at radius 2 is 2.11 bits per heavy atom. The maximum atomic E-state index is 6.10. The highest BCUT2D eigenvalue weighted by atomic mass is 79.9. The Morgan fingerprint density at radius 3 is 2.53 bits per heavy atom. The number of hydrogen-bond donors (Lipinski definition) is 1. The van der Waals surface area contributed by atoms with Crippen LogP contribution in [0.2, 0.25) is 0 Å². The van der Waals surface area contributed by atoms with Gasteiger partial charge in [0.05, 0.1) is 24.8 Å². The first-order chi connectivity index (χ1) is 8.86. The topological polar surface area (TPSA) is 44.5 Å². The summed E-state index contributed by atoms with van der Waals surface area (Å²) in [5.41, 5.74) is 7.39. The number of methoxy groups -OCH3 is 1. The minimum Gasteiger partial charge on any atom is -0.496 e. The van der Waals surface area contributed by atoms with Gasteiger partial charge in [-0.25, -0.2) is 0 Å². The van der Waals surface area contributed by atoms with Gasteiger partial charge in [0.15, 0.2) is 0 Å². The number of halogens is 1. The molecule has 1 aromatic carbocycles. The van der Waals surface area contributed by atoms with Crippen LogP contribution < -0.4 is 10.5 Å². The van der Waals surface area contributed by atoms with Crippen molar-refractivity contribution in [3.63, 3.8) is 0 Å². The van der Waals surface area contributed by atoms with E-state index >= 15 is 0 Å². The molecule has 2 N–H and O–H groups in total. The van der Waals surface area contributed by atoms with Crippen LogP contribution in [0, 0.1) is 0 Å². The lowest BCUT2D eigenvalue weighted by Gasteiger charge is -2.43. The van der Waals surface area contributed by atoms with Crippen molar-refractivity contribution in [2.75, 3.05) is 20.3 Å². The van der Waals surface area contributed by atoms with Crippen LogP contribution in [0.5, 0.6) is 5.75 Å². The van der Waals surface area contributed by atoms with Gasteiger partial charge in [-0.1, -0.05) is 6.07 Å². The van der Waals surface area contributed by atoms with Crippen LogP contribution >= 0.6 is 15.9 Å². The van der Waals surface area contributed by atoms with Gasteiger partial charge in [0, 0.05) is 11.0 Å². The van der Waals surface area contributed by atoms with Crippen LogP contribution in [0.15, 0.2) is 22.7 Å². The predicted octanol–water partition coefficient (Wildman–Crippen LogP) is 3.24. The van der Waals surface area contributed by atoms with E-state index in [1.165, 1.54) is 5.56 Å². The van der Waals surface area contributed by atoms with E-state index in [9.17, 15) is 0 Å². The van der Waals surface area contributed by atoms with E-state index in [1.54, 1.807) is 7.11 Å². The van der Waals surface area contributed by atoms with E-state index in [2.05, 4.69) is 41.9 Å². The molecule has 0 aromatic heterocycles. The summed E-state index contributed by atoms with van der Waals surface area (Å²) in [6, 6.07) is 6.29. The van der Waals surface area contributed by atoms with Crippen molar-refractivity contribution in [3.8, 4) is 5.75 Å². The average Bonchev–Trinajstić information content (AvgIpc) is 2.26. The maximum absolute atomic E-state index is 6.10. The van der Waals surface area contributed by atoms with Crippen LogP contribution in [0.3, 0.4) is 0 Å². The number of hydrogen-bond acceptors (Lipinski definition) is 3. The first kappa shape index (κ1) is 14.8. The van der Waals surface area contributed by atoms with E-state index in [0.29, 0.717) is 0 Å². The molecule has 19 heavy (non-hydrogen) atoms. The second-order valence-electron chi connectivity index (χ2n) is 6.11. The molecule has 0 radical (unpaired) electrons. The fourth-order valence-corrected chi connectivity index (χ4v) is 2.90. The molecule has 3 nitrogen and oxygen atoms in total. The van der Waals surface area contributed by atoms with Crippen molar-refractivity contribution >= 4 is 15.9 Å². The lowest BCUT2D eigenvalue weighted by molar-refractivity contribution is -0.0669. The predicted molar refractivity (Wildman–Crippen MR) is 80.7 cm³/mol. The molecule has 1 aliphatic rings. The highest BCUT2D eigenvalue weighted by Crippen LogP contribution is 2.40. The minimum atomic E-state index is -0.133. The monoisotopic (exact) mass is 327 g/mol. The molecular weight excluding hydrogens is 306 g/mol. The maximum Gasteiger partial charge on any atom is 0.133 e. The smallest absolute Gasteiger partial charge is 0.133 e. The Morgan fingerprint density at radius 1 is 1.42 bits per heavy atom. The van der Waals surface area contributed by atoms with Crippen molar-refractivity contribution < 1.29 is 9.47 Å². The minimum absolute atomic E-state index is 0.116. The molecule has 1 fully saturated rings. The Bertz CT molecular complexity index is 450. The molecule has 106 valence electrons. The summed E-state index contributed by atoms with van der Waals surface area (Å²) in [6.45, 7) is 5.71. The third-order valence-electron chi connectivity index (χ3n) is 3.77. The first-order valence-electron chi connectivity index (χ1n) is 6.57. The largest absolute Gasteiger partial charge is 0.496 e. The third-order valence-corrected chi connectivity index (χ3v) is 4.39. The first-order valence-corrected chi connectivity index (χ1v) is 7.36. The zero-order valence-electron chi connectivity index (χ0n) is 11.8. The summed E-state index contributed by atoms with van der Waals surface area (Å²) in [6.07, 6.45) is 2.04. The van der Waals surface area contributed by atoms with Crippen molar-refractivity contribution in [3.05, 3.63) is 28.2 Å². The van der Waals surface area contributed by atoms with Crippen molar-refractivity contribution in [2.24, 2.45) is 5.73 Å². The zero-order chi connectivity index (χ0) is 14.1. The second kappa shape index (κ2) is 5.43. The molecule has 2 rings (SSSR count). The van der Waals surface area contributed by atoms with Crippen LogP contribution in [0.4, 0.5) is 0 Å². The lowest BCUT2D eigenvalue weighted by atomic mass is 9.73. The summed E-state index contributed by atoms with van der Waals surface area (Å²) in [4.78, 5) is 0. The highest BCUT2D eigenvalue weighted by Gasteiger charge is 2.41. The molecule has 0 saturated carbocycles. The van der Waals surface area contributed by atoms with Crippen molar-refractivity contribution in [1.29, 1.82) is 0 Å². The standard InChI is InChI=1S/C15H22BrNO2/c1-14(2,17)6-7-15(9-19-10-15)11-4-5-13(18-3)12(16)8-11/h4-5,8H,6-7,9-10,17H2,1-3H3. The molecule has 1 heterocycles. The summed E-state index contributed by atoms with van der Waals surface area (Å²) in [5, 5.41) is 0. The van der Waals surface area contributed by atoms with E-state index in [-0.39, 0.29) is 11.0 Å². The van der Waals surface area contributed by atoms with E-state index in [0.717, 1.165) is 36.3 Å². The molecule has 0 spiro atoms. The molecule has 0 aliphatic carbocycles. The molecule has 0 amide bonds. The number of benzene rings is 1. The molecule has 1 aliphatic heterocycles. The molecule has 0 atom stereocenters. The molecule has 4 heteroatoms. The fourth-order valence-electron chi connectivity index (χ4n) is 2.36. The quantitative estimate of drug-likeness (QED) is 0.902. The second-order valence-corrected chi connectivity index (χ2v) is 6.97. The third kappa shape index (κ3) is 3.30. The van der Waals surface area contributed by atoms with Gasteiger partial charge in [0.1, 0.15) is 5.75 Å². The van der Waals surface area contributed by atoms with E-state index in [4.69, 9.17) is 15.2 Å². The van der Waals surface area contributed by atoms with Gasteiger partial charge in [-0.2, -0.15) is 0 Å². The van der Waals surface area contributed by atoms with Crippen LogP contribution in [-0.2, 0) is 10.2 Å². The number of rotatable bonds is 5. The van der Waals surface area contributed by atoms with Gasteiger partial charge in [-0.15, -0.1) is 0 Å². The average molecular weight is 328 g/mol. The van der Waals surface area contributed by atoms with Gasteiger partial charge in [-0.3, -0.25) is 0 Å². The summed E-state index contributed by atoms with van der Waals surface area (Å²) < 4.78 is 11.7. The van der Waals surface area contributed by atoms with Gasteiger partial charge in [0.25, 0.3) is 0 Å². The SMILES string of the molecule is COc1ccc(C2(CCC(C)(C)N)COC2)cc1Br. The Labute approximate surface area is 123 Å².